The number of hydrogen-bond acceptors (Lipinski definition) is 4. The van der Waals surface area contributed by atoms with Crippen LogP contribution in [-0.4, -0.2) is 49.1 Å². The molecule has 1 unspecified atom stereocenters. The van der Waals surface area contributed by atoms with Gasteiger partial charge in [-0.05, 0) is 13.8 Å². The standard InChI is InChI=1S/C10H18N2O3/c1-7(2)12(3)9(13)6-11-8-4-5-15-10(8)14/h7-8,11H,4-6H2,1-3H3. The molecule has 5 heteroatoms. The molecule has 1 fully saturated rings. The summed E-state index contributed by atoms with van der Waals surface area (Å²) in [7, 11) is 1.75. The Morgan fingerprint density at radius 2 is 2.33 bits per heavy atom. The van der Waals surface area contributed by atoms with Crippen LogP contribution in [0.2, 0.25) is 0 Å². The molecular formula is C10H18N2O3. The van der Waals surface area contributed by atoms with Gasteiger partial charge in [-0.3, -0.25) is 14.9 Å². The van der Waals surface area contributed by atoms with Crippen LogP contribution < -0.4 is 5.32 Å². The number of nitrogens with zero attached hydrogens (tertiary/aromatic N) is 1. The molecule has 0 aliphatic carbocycles. The van der Waals surface area contributed by atoms with Gasteiger partial charge in [0.1, 0.15) is 6.04 Å². The van der Waals surface area contributed by atoms with Crippen LogP contribution in [0.1, 0.15) is 20.3 Å². The first-order valence-electron chi connectivity index (χ1n) is 5.18. The van der Waals surface area contributed by atoms with Crippen LogP contribution in [0.15, 0.2) is 0 Å². The third kappa shape index (κ3) is 3.20. The number of hydrogen-bond donors (Lipinski definition) is 1. The van der Waals surface area contributed by atoms with Crippen molar-refractivity contribution in [1.29, 1.82) is 0 Å². The van der Waals surface area contributed by atoms with Crippen LogP contribution in [0.5, 0.6) is 0 Å². The molecular weight excluding hydrogens is 196 g/mol. The number of ether oxygens (including phenoxy) is 1. The maximum Gasteiger partial charge on any atom is 0.323 e. The molecule has 0 radical (unpaired) electrons. The van der Waals surface area contributed by atoms with Crippen molar-refractivity contribution in [1.82, 2.24) is 10.2 Å². The highest BCUT2D eigenvalue weighted by molar-refractivity contribution is 5.81. The molecule has 1 amide bonds. The molecule has 0 aromatic carbocycles. The molecule has 0 bridgehead atoms. The normalized spacial score (nSPS) is 20.5. The summed E-state index contributed by atoms with van der Waals surface area (Å²) in [6, 6.07) is -0.135. The summed E-state index contributed by atoms with van der Waals surface area (Å²) in [6.45, 7) is 4.53. The average molecular weight is 214 g/mol. The van der Waals surface area contributed by atoms with Gasteiger partial charge in [0.05, 0.1) is 13.2 Å². The molecule has 1 saturated heterocycles. The van der Waals surface area contributed by atoms with E-state index >= 15 is 0 Å². The van der Waals surface area contributed by atoms with E-state index in [4.69, 9.17) is 4.74 Å². The second kappa shape index (κ2) is 5.11. The molecule has 15 heavy (non-hydrogen) atoms. The fourth-order valence-corrected chi connectivity index (χ4v) is 1.30. The number of rotatable bonds is 4. The molecule has 86 valence electrons. The largest absolute Gasteiger partial charge is 0.464 e. The average Bonchev–Trinajstić information content (AvgIpc) is 2.59. The van der Waals surface area contributed by atoms with Crippen molar-refractivity contribution < 1.29 is 14.3 Å². The minimum absolute atomic E-state index is 0.00954. The van der Waals surface area contributed by atoms with Gasteiger partial charge in [-0.1, -0.05) is 0 Å². The number of esters is 1. The lowest BCUT2D eigenvalue weighted by Crippen LogP contribution is -2.43. The van der Waals surface area contributed by atoms with Gasteiger partial charge < -0.3 is 9.64 Å². The van der Waals surface area contributed by atoms with Crippen molar-refractivity contribution in [3.8, 4) is 0 Å². The number of cyclic esters (lactones) is 1. The summed E-state index contributed by atoms with van der Waals surface area (Å²) >= 11 is 0. The first-order chi connectivity index (χ1) is 7.02. The molecule has 5 nitrogen and oxygen atoms in total. The molecule has 1 N–H and O–H groups in total. The van der Waals surface area contributed by atoms with E-state index in [0.29, 0.717) is 13.0 Å². The van der Waals surface area contributed by atoms with Gasteiger partial charge in [0.15, 0.2) is 0 Å². The number of nitrogens with one attached hydrogen (secondary N) is 1. The SMILES string of the molecule is CC(C)N(C)C(=O)CNC1CCOC1=O. The Morgan fingerprint density at radius 3 is 2.80 bits per heavy atom. The van der Waals surface area contributed by atoms with Crippen molar-refractivity contribution in [2.45, 2.75) is 32.4 Å². The van der Waals surface area contributed by atoms with E-state index in [2.05, 4.69) is 5.32 Å². The van der Waals surface area contributed by atoms with Gasteiger partial charge in [-0.25, -0.2) is 0 Å². The highest BCUT2D eigenvalue weighted by Crippen LogP contribution is 2.05. The van der Waals surface area contributed by atoms with Crippen LogP contribution in [-0.2, 0) is 14.3 Å². The maximum absolute atomic E-state index is 11.6. The maximum atomic E-state index is 11.6. The monoisotopic (exact) mass is 214 g/mol. The molecule has 0 aromatic heterocycles. The minimum Gasteiger partial charge on any atom is -0.464 e. The van der Waals surface area contributed by atoms with Crippen LogP contribution in [0.4, 0.5) is 0 Å². The third-order valence-corrected chi connectivity index (χ3v) is 2.60. The first kappa shape index (κ1) is 12.0. The van der Waals surface area contributed by atoms with E-state index in [-0.39, 0.29) is 30.5 Å². The number of amides is 1. The number of carbonyl (C=O) groups excluding carboxylic acids is 2. The Bertz CT molecular complexity index is 253. The Morgan fingerprint density at radius 1 is 1.67 bits per heavy atom. The van der Waals surface area contributed by atoms with Gasteiger partial charge in [0.25, 0.3) is 0 Å². The predicted octanol–water partition coefficient (Wildman–Crippen LogP) is -0.242. The molecule has 1 atom stereocenters. The lowest BCUT2D eigenvalue weighted by molar-refractivity contribution is -0.139. The smallest absolute Gasteiger partial charge is 0.323 e. The summed E-state index contributed by atoms with van der Waals surface area (Å²) in [6.07, 6.45) is 0.650. The molecule has 1 rings (SSSR count). The topological polar surface area (TPSA) is 58.6 Å². The Balaban J connectivity index is 2.30. The van der Waals surface area contributed by atoms with Crippen molar-refractivity contribution in [2.75, 3.05) is 20.2 Å². The minimum atomic E-state index is -0.311. The Hall–Kier alpha value is -1.10. The highest BCUT2D eigenvalue weighted by atomic mass is 16.5. The van der Waals surface area contributed by atoms with Crippen LogP contribution in [0.25, 0.3) is 0 Å². The summed E-state index contributed by atoms with van der Waals surface area (Å²) in [5, 5.41) is 2.90. The van der Waals surface area contributed by atoms with Crippen molar-refractivity contribution >= 4 is 11.9 Å². The quantitative estimate of drug-likeness (QED) is 0.656. The van der Waals surface area contributed by atoms with Gasteiger partial charge in [0.2, 0.25) is 5.91 Å². The van der Waals surface area contributed by atoms with E-state index < -0.39 is 0 Å². The fraction of sp³-hybridized carbons (Fsp3) is 0.800. The van der Waals surface area contributed by atoms with Crippen molar-refractivity contribution in [3.05, 3.63) is 0 Å². The van der Waals surface area contributed by atoms with Gasteiger partial charge >= 0.3 is 5.97 Å². The molecule has 0 spiro atoms. The van der Waals surface area contributed by atoms with Crippen LogP contribution >= 0.6 is 0 Å². The molecule has 0 aromatic rings. The van der Waals surface area contributed by atoms with E-state index in [0.717, 1.165) is 0 Å². The summed E-state index contributed by atoms with van der Waals surface area (Å²) in [5.74, 6) is -0.264. The lowest BCUT2D eigenvalue weighted by atomic mass is 10.2. The molecule has 0 saturated carbocycles. The van der Waals surface area contributed by atoms with E-state index in [1.807, 2.05) is 13.8 Å². The summed E-state index contributed by atoms with van der Waals surface area (Å²) < 4.78 is 4.78. The Kier molecular flexibility index (Phi) is 4.08. The molecule has 1 aliphatic heterocycles. The second-order valence-electron chi connectivity index (χ2n) is 3.99. The zero-order chi connectivity index (χ0) is 11.4. The van der Waals surface area contributed by atoms with Gasteiger partial charge in [0, 0.05) is 19.5 Å². The summed E-state index contributed by atoms with van der Waals surface area (Å²) in [4.78, 5) is 24.3. The zero-order valence-electron chi connectivity index (χ0n) is 9.45. The van der Waals surface area contributed by atoms with Gasteiger partial charge in [-0.15, -0.1) is 0 Å². The van der Waals surface area contributed by atoms with E-state index in [1.165, 1.54) is 0 Å². The number of carbonyl (C=O) groups is 2. The molecule has 1 aliphatic rings. The van der Waals surface area contributed by atoms with Crippen LogP contribution in [0.3, 0.4) is 0 Å². The van der Waals surface area contributed by atoms with Crippen molar-refractivity contribution in [2.24, 2.45) is 0 Å². The lowest BCUT2D eigenvalue weighted by Gasteiger charge is -2.22. The van der Waals surface area contributed by atoms with Gasteiger partial charge in [-0.2, -0.15) is 0 Å². The fourth-order valence-electron chi connectivity index (χ4n) is 1.30. The molecule has 1 heterocycles. The summed E-state index contributed by atoms with van der Waals surface area (Å²) in [5.41, 5.74) is 0. The third-order valence-electron chi connectivity index (χ3n) is 2.60. The first-order valence-corrected chi connectivity index (χ1v) is 5.18. The van der Waals surface area contributed by atoms with E-state index in [1.54, 1.807) is 11.9 Å². The Labute approximate surface area is 89.8 Å². The number of likely N-dealkylation sites (N-methyl/N-ethyl adjacent to an activating group) is 1. The zero-order valence-corrected chi connectivity index (χ0v) is 9.45. The predicted molar refractivity (Wildman–Crippen MR) is 55.3 cm³/mol. The van der Waals surface area contributed by atoms with E-state index in [9.17, 15) is 9.59 Å². The van der Waals surface area contributed by atoms with Crippen LogP contribution in [0, 0.1) is 0 Å². The van der Waals surface area contributed by atoms with Crippen molar-refractivity contribution in [3.63, 3.8) is 0 Å². The second-order valence-corrected chi connectivity index (χ2v) is 3.99. The highest BCUT2D eigenvalue weighted by Gasteiger charge is 2.26.